The Morgan fingerprint density at radius 3 is 1.30 bits per heavy atom. The summed E-state index contributed by atoms with van der Waals surface area (Å²) >= 11 is 3.25. The summed E-state index contributed by atoms with van der Waals surface area (Å²) in [4.78, 5) is 93.7. The van der Waals surface area contributed by atoms with E-state index < -0.39 is 9.85 Å². The number of thiophene rings is 2. The first-order valence-corrected chi connectivity index (χ1v) is 33.1. The van der Waals surface area contributed by atoms with E-state index in [1.54, 1.807) is 65.9 Å². The molecule has 0 bridgehead atoms. The van der Waals surface area contributed by atoms with Gasteiger partial charge in [-0.1, -0.05) is 24.3 Å². The maximum atomic E-state index is 11.3. The van der Waals surface area contributed by atoms with E-state index in [0.29, 0.717) is 165 Å². The highest BCUT2D eigenvalue weighted by Gasteiger charge is 2.26. The van der Waals surface area contributed by atoms with Crippen LogP contribution in [0.4, 0.5) is 46.7 Å². The van der Waals surface area contributed by atoms with Crippen molar-refractivity contribution < 1.29 is 24.1 Å². The smallest absolute Gasteiger partial charge is 0.297 e. The van der Waals surface area contributed by atoms with Gasteiger partial charge in [-0.3, -0.25) is 29.4 Å². The zero-order chi connectivity index (χ0) is 65.9. The number of non-ortho nitro benzene ring substituents is 2. The van der Waals surface area contributed by atoms with Crippen LogP contribution in [0.1, 0.15) is 37.4 Å². The number of nitro groups is 2. The molecule has 494 valence electrons. The highest BCUT2D eigenvalue weighted by molar-refractivity contribution is 7.08. The third-order valence-electron chi connectivity index (χ3n) is 16.4. The number of rotatable bonds is 17. The predicted molar refractivity (Wildman–Crippen MR) is 367 cm³/mol. The van der Waals surface area contributed by atoms with Crippen LogP contribution in [-0.2, 0) is 33.8 Å². The van der Waals surface area contributed by atoms with Gasteiger partial charge >= 0.3 is 0 Å². The van der Waals surface area contributed by atoms with Crippen molar-refractivity contribution in [1.29, 1.82) is 0 Å². The van der Waals surface area contributed by atoms with E-state index in [1.165, 1.54) is 12.1 Å². The van der Waals surface area contributed by atoms with E-state index in [-0.39, 0.29) is 24.0 Å². The molecular weight excluding hydrogens is 1280 g/mol. The van der Waals surface area contributed by atoms with Gasteiger partial charge in [0.25, 0.3) is 11.4 Å². The number of nitrogens with zero attached hydrogens (tertiary/aromatic N) is 20. The number of aromatic nitrogens is 18. The number of hydrogen-bond acceptors (Lipinski definition) is 27. The molecule has 3 aliphatic rings. The standard InChI is InChI=1S/C21H19N9O3S.C21H20N8OS.C20H23N9O3/c31-30(32)15-3-1-2-14-17(15)25-16(24-14)10-22-19-18-20(29(12-23-18)13-4-9-34-11-13)27-21(26-19)28-5-7-33-8-6-28;1-2-4-16-15(3-1)24-17(25-16)11-22-19-18-20(29(13-23-18)14-5-10-31-12-14)27-21(26-19)28-6-8-30-9-7-28;1-12(2)28-11-22-17-18(25-20(26-19(17)28)27-6-8-32-9-7-27)21-10-15-23-13-4-3-5-14(29(30)31)16(13)24-15/h1-4,9,11-12H,5-8,10H2,(H,24,25)(H,22,26,27);1-5,10,12-13H,6-9,11H2,(H,24,25)(H,22,26,27);3-5,11-12H,6-10H2,1-2H3,(H,23,24)(H,21,25,26). The van der Waals surface area contributed by atoms with Gasteiger partial charge in [-0.25, -0.2) is 29.9 Å². The number of anilines is 6. The van der Waals surface area contributed by atoms with Crippen LogP contribution in [0.5, 0.6) is 0 Å². The third kappa shape index (κ3) is 12.9. The van der Waals surface area contributed by atoms with Gasteiger partial charge in [0, 0.05) is 68.2 Å². The first-order chi connectivity index (χ1) is 47.5. The normalized spacial score (nSPS) is 14.4. The monoisotopic (exact) mass is 1350 g/mol. The minimum Gasteiger partial charge on any atom is -0.378 e. The molecule has 35 heteroatoms. The summed E-state index contributed by atoms with van der Waals surface area (Å²) in [5.74, 6) is 5.71. The van der Waals surface area contributed by atoms with E-state index >= 15 is 0 Å². The van der Waals surface area contributed by atoms with Gasteiger partial charge in [-0.2, -0.15) is 52.6 Å². The Hall–Kier alpha value is -11.4. The molecule has 0 aliphatic carbocycles. The van der Waals surface area contributed by atoms with Crippen molar-refractivity contribution in [2.75, 3.05) is 110 Å². The maximum Gasteiger partial charge on any atom is 0.297 e. The molecule has 33 nitrogen and oxygen atoms in total. The Labute approximate surface area is 557 Å². The van der Waals surface area contributed by atoms with Crippen LogP contribution in [0.25, 0.3) is 78.0 Å². The molecule has 3 aliphatic heterocycles. The lowest BCUT2D eigenvalue weighted by molar-refractivity contribution is -0.383. The number of H-pyrrole nitrogens is 3. The quantitative estimate of drug-likeness (QED) is 0.0366. The SMILES string of the molecule is CC(C)n1cnc2c(NCc3nc4c([N+](=O)[O-])cccc4[nH]3)nc(N3CCOCC3)nc21.O=[N+]([O-])c1cccc2[nH]c(CNc3nc(N4CCOCC4)nc4c3ncn4-c3ccsc3)nc12.c1ccc2[nH]c(CNc3nc(N4CCOCC4)nc4c3ncn4-c3ccsc3)nc2c1. The van der Waals surface area contributed by atoms with Crippen molar-refractivity contribution in [3.05, 3.63) is 151 Å². The molecule has 3 fully saturated rings. The van der Waals surface area contributed by atoms with Gasteiger partial charge in [-0.15, -0.1) is 0 Å². The summed E-state index contributed by atoms with van der Waals surface area (Å²) in [5, 5.41) is 40.8. The lowest BCUT2D eigenvalue weighted by atomic mass is 10.3. The van der Waals surface area contributed by atoms with Gasteiger partial charge in [0.05, 0.1) is 109 Å². The van der Waals surface area contributed by atoms with E-state index in [2.05, 4.69) is 101 Å². The average molecular weight is 1350 g/mol. The van der Waals surface area contributed by atoms with Crippen molar-refractivity contribution >= 4 is 136 Å². The number of ether oxygens (including phenoxy) is 3. The number of morpholine rings is 3. The fraction of sp³-hybridized carbons (Fsp3) is 0.290. The molecule has 3 aromatic carbocycles. The number of hydrogen-bond donors (Lipinski definition) is 6. The van der Waals surface area contributed by atoms with Crippen LogP contribution in [0.2, 0.25) is 0 Å². The molecule has 0 spiro atoms. The molecule has 14 heterocycles. The van der Waals surface area contributed by atoms with Crippen LogP contribution in [0.15, 0.2) is 113 Å². The largest absolute Gasteiger partial charge is 0.378 e. The average Bonchev–Trinajstić information content (AvgIpc) is 1.69. The fourth-order valence-corrected chi connectivity index (χ4v) is 12.8. The molecule has 11 aromatic heterocycles. The molecule has 0 saturated carbocycles. The summed E-state index contributed by atoms with van der Waals surface area (Å²) in [6, 6.07) is 22.0. The summed E-state index contributed by atoms with van der Waals surface area (Å²) in [6.07, 6.45) is 5.31. The van der Waals surface area contributed by atoms with Crippen molar-refractivity contribution in [3.63, 3.8) is 0 Å². The molecule has 17 rings (SSSR count). The molecule has 0 atom stereocenters. The first-order valence-electron chi connectivity index (χ1n) is 31.2. The van der Waals surface area contributed by atoms with Gasteiger partial charge in [0.15, 0.2) is 62.0 Å². The van der Waals surface area contributed by atoms with Crippen LogP contribution in [0, 0.1) is 20.2 Å². The lowest BCUT2D eigenvalue weighted by Gasteiger charge is -2.27. The highest BCUT2D eigenvalue weighted by atomic mass is 32.1. The minimum atomic E-state index is -0.431. The maximum absolute atomic E-state index is 11.3. The van der Waals surface area contributed by atoms with Crippen molar-refractivity contribution in [2.24, 2.45) is 0 Å². The van der Waals surface area contributed by atoms with Crippen molar-refractivity contribution in [2.45, 2.75) is 39.5 Å². The first kappa shape index (κ1) is 61.8. The van der Waals surface area contributed by atoms with E-state index in [1.807, 2.05) is 60.2 Å². The number of imidazole rings is 6. The molecule has 3 saturated heterocycles. The molecule has 97 heavy (non-hydrogen) atoms. The summed E-state index contributed by atoms with van der Waals surface area (Å²) in [5.41, 5.74) is 10.1. The van der Waals surface area contributed by atoms with Crippen LogP contribution >= 0.6 is 22.7 Å². The number of nitro benzene ring substituents is 2. The minimum absolute atomic E-state index is 0.0280. The second-order valence-electron chi connectivity index (χ2n) is 22.9. The number of aromatic amines is 3. The second kappa shape index (κ2) is 27.1. The van der Waals surface area contributed by atoms with E-state index in [4.69, 9.17) is 44.1 Å². The van der Waals surface area contributed by atoms with Crippen LogP contribution < -0.4 is 30.7 Å². The number of para-hydroxylation sites is 4. The Balaban J connectivity index is 0.000000119. The summed E-state index contributed by atoms with van der Waals surface area (Å²) in [7, 11) is 0. The molecule has 0 unspecified atom stereocenters. The topological polar surface area (TPSA) is 377 Å². The van der Waals surface area contributed by atoms with Crippen molar-refractivity contribution in [3.8, 4) is 11.4 Å². The molecule has 0 amide bonds. The summed E-state index contributed by atoms with van der Waals surface area (Å²) < 4.78 is 22.4. The zero-order valence-corrected chi connectivity index (χ0v) is 53.9. The Morgan fingerprint density at radius 1 is 0.474 bits per heavy atom. The number of nitrogens with one attached hydrogen (secondary N) is 6. The molecule has 14 aromatic rings. The Morgan fingerprint density at radius 2 is 0.876 bits per heavy atom. The fourth-order valence-electron chi connectivity index (χ4n) is 11.5. The molecule has 0 radical (unpaired) electrons. The Kier molecular flexibility index (Phi) is 17.3. The van der Waals surface area contributed by atoms with Crippen molar-refractivity contribution in [1.82, 2.24) is 88.5 Å². The van der Waals surface area contributed by atoms with E-state index in [9.17, 15) is 20.2 Å². The molecular formula is C62H62N26O7S2. The predicted octanol–water partition coefficient (Wildman–Crippen LogP) is 8.95. The Bertz CT molecular complexity index is 5090. The van der Waals surface area contributed by atoms with Crippen LogP contribution in [-0.4, -0.2) is 177 Å². The van der Waals surface area contributed by atoms with Crippen LogP contribution in [0.3, 0.4) is 0 Å². The van der Waals surface area contributed by atoms with Gasteiger partial charge in [0.2, 0.25) is 17.8 Å². The number of benzene rings is 3. The molecule has 6 N–H and O–H groups in total. The summed E-state index contributed by atoms with van der Waals surface area (Å²) in [6.45, 7) is 13.4. The number of fused-ring (bicyclic) bond motifs is 6. The zero-order valence-electron chi connectivity index (χ0n) is 52.3. The highest BCUT2D eigenvalue weighted by Crippen LogP contribution is 2.32. The van der Waals surface area contributed by atoms with Gasteiger partial charge in [-0.05, 0) is 61.0 Å². The van der Waals surface area contributed by atoms with Gasteiger partial charge in [0.1, 0.15) is 30.1 Å². The lowest BCUT2D eigenvalue weighted by Crippen LogP contribution is -2.37. The third-order valence-corrected chi connectivity index (χ3v) is 17.7. The van der Waals surface area contributed by atoms with E-state index in [0.717, 1.165) is 58.1 Å². The second-order valence-corrected chi connectivity index (χ2v) is 24.4. The van der Waals surface area contributed by atoms with Gasteiger partial charge < -0.3 is 64.4 Å².